The second-order valence-electron chi connectivity index (χ2n) is 9.04. The van der Waals surface area contributed by atoms with Gasteiger partial charge in [0, 0.05) is 38.0 Å². The molecule has 2 aromatic heterocycles. The minimum Gasteiger partial charge on any atom is -0.355 e. The molecule has 0 spiro atoms. The van der Waals surface area contributed by atoms with Crippen molar-refractivity contribution in [3.05, 3.63) is 83.9 Å². The quantitative estimate of drug-likeness (QED) is 0.289. The van der Waals surface area contributed by atoms with Crippen LogP contribution in [0, 0.1) is 0 Å². The highest BCUT2D eigenvalue weighted by Gasteiger charge is 2.37. The standard InChI is InChI=1S/C27H21N3/c1-27(2)21-13-24-19(15-7-3-5-9-23(15)29-24)11-17(21)18-12-20-16-8-4-6-10-25(16)30(28)26(20)14-22(18)27/h3-14,29H,28H2,1-2H3. The van der Waals surface area contributed by atoms with Gasteiger partial charge >= 0.3 is 0 Å². The van der Waals surface area contributed by atoms with Crippen LogP contribution in [0.5, 0.6) is 0 Å². The Kier molecular flexibility index (Phi) is 2.72. The fraction of sp³-hybridized carbons (Fsp3) is 0.111. The summed E-state index contributed by atoms with van der Waals surface area (Å²) in [5.41, 5.74) is 9.85. The lowest BCUT2D eigenvalue weighted by atomic mass is 9.82. The number of H-pyrrole nitrogens is 1. The summed E-state index contributed by atoms with van der Waals surface area (Å²) in [6.07, 6.45) is 0. The molecule has 0 atom stereocenters. The summed E-state index contributed by atoms with van der Waals surface area (Å²) in [6, 6.07) is 26.3. The lowest BCUT2D eigenvalue weighted by Gasteiger charge is -2.21. The average Bonchev–Trinajstić information content (AvgIpc) is 3.34. The molecule has 0 radical (unpaired) electrons. The van der Waals surface area contributed by atoms with Crippen LogP contribution in [0.15, 0.2) is 72.8 Å². The Bertz CT molecular complexity index is 1680. The zero-order valence-corrected chi connectivity index (χ0v) is 17.0. The van der Waals surface area contributed by atoms with Crippen molar-refractivity contribution in [1.82, 2.24) is 9.66 Å². The zero-order chi connectivity index (χ0) is 20.2. The van der Waals surface area contributed by atoms with E-state index in [-0.39, 0.29) is 5.41 Å². The number of aromatic amines is 1. The van der Waals surface area contributed by atoms with Crippen LogP contribution in [0.2, 0.25) is 0 Å². The van der Waals surface area contributed by atoms with Crippen molar-refractivity contribution in [3.8, 4) is 11.1 Å². The summed E-state index contributed by atoms with van der Waals surface area (Å²) in [5.74, 6) is 6.50. The van der Waals surface area contributed by atoms with E-state index < -0.39 is 0 Å². The molecule has 1 aliphatic carbocycles. The molecule has 3 nitrogen and oxygen atoms in total. The smallest absolute Gasteiger partial charge is 0.0707 e. The first kappa shape index (κ1) is 16.1. The van der Waals surface area contributed by atoms with Gasteiger partial charge in [-0.25, -0.2) is 0 Å². The van der Waals surface area contributed by atoms with Crippen molar-refractivity contribution in [2.45, 2.75) is 19.3 Å². The van der Waals surface area contributed by atoms with Crippen LogP contribution in [-0.4, -0.2) is 9.66 Å². The van der Waals surface area contributed by atoms with Crippen molar-refractivity contribution in [3.63, 3.8) is 0 Å². The number of nitrogens with two attached hydrogens (primary N) is 1. The summed E-state index contributed by atoms with van der Waals surface area (Å²) >= 11 is 0. The topological polar surface area (TPSA) is 46.7 Å². The van der Waals surface area contributed by atoms with Gasteiger partial charge in [0.1, 0.15) is 0 Å². The van der Waals surface area contributed by atoms with Crippen LogP contribution in [-0.2, 0) is 5.41 Å². The molecular weight excluding hydrogens is 366 g/mol. The number of rotatable bonds is 0. The molecule has 2 heterocycles. The molecule has 6 aromatic rings. The van der Waals surface area contributed by atoms with Crippen LogP contribution in [0.1, 0.15) is 25.0 Å². The third-order valence-corrected chi connectivity index (χ3v) is 7.13. The Morgan fingerprint density at radius 1 is 0.667 bits per heavy atom. The van der Waals surface area contributed by atoms with Crippen LogP contribution in [0.3, 0.4) is 0 Å². The molecule has 0 bridgehead atoms. The van der Waals surface area contributed by atoms with Gasteiger partial charge in [0.05, 0.1) is 11.0 Å². The predicted molar refractivity (Wildman–Crippen MR) is 127 cm³/mol. The lowest BCUT2D eigenvalue weighted by Crippen LogP contribution is -2.15. The number of nitrogens with one attached hydrogen (secondary N) is 1. The Labute approximate surface area is 173 Å². The molecule has 0 unspecified atom stereocenters. The van der Waals surface area contributed by atoms with Crippen LogP contribution < -0.4 is 5.84 Å². The number of hydrogen-bond acceptors (Lipinski definition) is 1. The number of hydrogen-bond donors (Lipinski definition) is 2. The van der Waals surface area contributed by atoms with E-state index in [1.165, 1.54) is 54.8 Å². The van der Waals surface area contributed by atoms with Gasteiger partial charge in [0.25, 0.3) is 0 Å². The van der Waals surface area contributed by atoms with E-state index in [9.17, 15) is 0 Å². The normalized spacial score (nSPS) is 14.7. The first-order valence-corrected chi connectivity index (χ1v) is 10.4. The van der Waals surface area contributed by atoms with E-state index in [1.54, 1.807) is 0 Å². The summed E-state index contributed by atoms with van der Waals surface area (Å²) in [6.45, 7) is 4.64. The first-order chi connectivity index (χ1) is 14.5. The van der Waals surface area contributed by atoms with Gasteiger partial charge in [-0.2, -0.15) is 0 Å². The molecule has 1 aliphatic rings. The molecule has 144 valence electrons. The molecular formula is C27H21N3. The number of aromatic nitrogens is 2. The van der Waals surface area contributed by atoms with E-state index in [0.29, 0.717) is 0 Å². The third kappa shape index (κ3) is 1.77. The van der Waals surface area contributed by atoms with E-state index in [0.717, 1.165) is 11.0 Å². The van der Waals surface area contributed by atoms with Crippen molar-refractivity contribution >= 4 is 43.6 Å². The Morgan fingerprint density at radius 2 is 1.33 bits per heavy atom. The van der Waals surface area contributed by atoms with Gasteiger partial charge in [-0.15, -0.1) is 0 Å². The summed E-state index contributed by atoms with van der Waals surface area (Å²) in [5, 5.41) is 4.99. The van der Waals surface area contributed by atoms with Crippen LogP contribution >= 0.6 is 0 Å². The fourth-order valence-corrected chi connectivity index (χ4v) is 5.57. The number of nitrogens with zero attached hydrogens (tertiary/aromatic N) is 1. The van der Waals surface area contributed by atoms with Crippen molar-refractivity contribution in [2.24, 2.45) is 0 Å². The average molecular weight is 387 g/mol. The molecule has 4 aromatic carbocycles. The van der Waals surface area contributed by atoms with Crippen LogP contribution in [0.25, 0.3) is 54.7 Å². The molecule has 3 N–H and O–H groups in total. The maximum atomic E-state index is 6.50. The minimum atomic E-state index is -0.0825. The minimum absolute atomic E-state index is 0.0825. The Hall–Kier alpha value is -3.72. The van der Waals surface area contributed by atoms with Gasteiger partial charge in [-0.1, -0.05) is 50.2 Å². The highest BCUT2D eigenvalue weighted by molar-refractivity contribution is 6.13. The Morgan fingerprint density at radius 3 is 2.17 bits per heavy atom. The van der Waals surface area contributed by atoms with Crippen molar-refractivity contribution in [1.29, 1.82) is 0 Å². The molecule has 30 heavy (non-hydrogen) atoms. The van der Waals surface area contributed by atoms with E-state index in [4.69, 9.17) is 5.84 Å². The van der Waals surface area contributed by atoms with Crippen LogP contribution in [0.4, 0.5) is 0 Å². The summed E-state index contributed by atoms with van der Waals surface area (Å²) < 4.78 is 1.84. The molecule has 0 amide bonds. The fourth-order valence-electron chi connectivity index (χ4n) is 5.57. The predicted octanol–water partition coefficient (Wildman–Crippen LogP) is 6.45. The van der Waals surface area contributed by atoms with E-state index in [2.05, 4.69) is 85.6 Å². The molecule has 3 heteroatoms. The SMILES string of the molecule is CC1(C)c2cc3[nH]c4ccccc4c3cc2-c2cc3c4ccccc4n(N)c3cc21. The largest absolute Gasteiger partial charge is 0.355 e. The van der Waals surface area contributed by atoms with Gasteiger partial charge in [0.15, 0.2) is 0 Å². The van der Waals surface area contributed by atoms with E-state index in [1.807, 2.05) is 10.7 Å². The third-order valence-electron chi connectivity index (χ3n) is 7.13. The zero-order valence-electron chi connectivity index (χ0n) is 17.0. The maximum absolute atomic E-state index is 6.50. The Balaban J connectivity index is 1.63. The number of benzene rings is 4. The van der Waals surface area contributed by atoms with Gasteiger partial charge in [-0.3, -0.25) is 4.68 Å². The van der Waals surface area contributed by atoms with Gasteiger partial charge < -0.3 is 10.8 Å². The van der Waals surface area contributed by atoms with Crippen molar-refractivity contribution in [2.75, 3.05) is 5.84 Å². The van der Waals surface area contributed by atoms with Crippen molar-refractivity contribution < 1.29 is 0 Å². The van der Waals surface area contributed by atoms with E-state index >= 15 is 0 Å². The second kappa shape index (κ2) is 5.06. The van der Waals surface area contributed by atoms with Gasteiger partial charge in [0.2, 0.25) is 0 Å². The number of fused-ring (bicyclic) bond motifs is 9. The summed E-state index contributed by atoms with van der Waals surface area (Å²) in [7, 11) is 0. The summed E-state index contributed by atoms with van der Waals surface area (Å²) in [4.78, 5) is 3.61. The highest BCUT2D eigenvalue weighted by Crippen LogP contribution is 2.52. The highest BCUT2D eigenvalue weighted by atomic mass is 15.3. The molecule has 0 fully saturated rings. The second-order valence-corrected chi connectivity index (χ2v) is 9.04. The molecule has 0 saturated heterocycles. The molecule has 7 rings (SSSR count). The maximum Gasteiger partial charge on any atom is 0.0707 e. The monoisotopic (exact) mass is 387 g/mol. The number of nitrogen functional groups attached to an aromatic ring is 1. The molecule has 0 aliphatic heterocycles. The number of para-hydroxylation sites is 2. The first-order valence-electron chi connectivity index (χ1n) is 10.4. The van der Waals surface area contributed by atoms with Gasteiger partial charge in [-0.05, 0) is 58.7 Å². The molecule has 0 saturated carbocycles. The lowest BCUT2D eigenvalue weighted by molar-refractivity contribution is 0.661.